The van der Waals surface area contributed by atoms with Gasteiger partial charge in [0, 0.05) is 19.3 Å². The predicted octanol–water partition coefficient (Wildman–Crippen LogP) is -3.64. The Labute approximate surface area is 225 Å². The average molecular weight is 567 g/mol. The summed E-state index contributed by atoms with van der Waals surface area (Å²) in [5, 5.41) is 72.7. The molecule has 0 aromatic carbocycles. The molecule has 2 aliphatic rings. The normalized spacial score (nSPS) is 37.7. The maximum atomic E-state index is 12.4. The Balaban J connectivity index is 2.19. The molecule has 0 unspecified atom stereocenters. The van der Waals surface area contributed by atoms with Gasteiger partial charge in [0.1, 0.15) is 6.10 Å². The lowest BCUT2D eigenvalue weighted by Crippen LogP contribution is -2.64. The van der Waals surface area contributed by atoms with Crippen molar-refractivity contribution >= 4 is 12.0 Å². The lowest BCUT2D eigenvalue weighted by atomic mass is 9.88. The second-order valence-corrected chi connectivity index (χ2v) is 9.99. The van der Waals surface area contributed by atoms with Gasteiger partial charge in [-0.3, -0.25) is 5.43 Å². The van der Waals surface area contributed by atoms with Crippen molar-refractivity contribution in [2.24, 2.45) is 5.73 Å². The number of nitrogens with one attached hydrogen (secondary N) is 3. The van der Waals surface area contributed by atoms with Crippen molar-refractivity contribution in [2.75, 3.05) is 6.54 Å². The molecule has 0 aromatic heterocycles. The number of ether oxygens (including phenoxy) is 3. The molecule has 226 valence electrons. The van der Waals surface area contributed by atoms with Crippen LogP contribution in [0.5, 0.6) is 0 Å². The maximum Gasteiger partial charge on any atom is 0.333 e. The van der Waals surface area contributed by atoms with Gasteiger partial charge in [-0.05, 0) is 20.8 Å². The van der Waals surface area contributed by atoms with Crippen LogP contribution in [0, 0.1) is 0 Å². The van der Waals surface area contributed by atoms with Crippen LogP contribution in [-0.2, 0) is 19.0 Å². The second-order valence-electron chi connectivity index (χ2n) is 9.99. The van der Waals surface area contributed by atoms with Gasteiger partial charge in [-0.15, -0.1) is 0 Å². The largest absolute Gasteiger partial charge is 0.479 e. The number of aliphatic hydroxyl groups is 6. The predicted molar refractivity (Wildman–Crippen MR) is 132 cm³/mol. The summed E-state index contributed by atoms with van der Waals surface area (Å²) in [6, 6.07) is -3.06. The van der Waals surface area contributed by atoms with Crippen molar-refractivity contribution in [2.45, 2.75) is 113 Å². The third kappa shape index (κ3) is 9.58. The van der Waals surface area contributed by atoms with Crippen LogP contribution in [0.4, 0.5) is 4.79 Å². The molecule has 16 heteroatoms. The summed E-state index contributed by atoms with van der Waals surface area (Å²) in [5.74, 6) is -3.44. The van der Waals surface area contributed by atoms with Crippen LogP contribution in [0.1, 0.15) is 40.0 Å². The van der Waals surface area contributed by atoms with E-state index in [1.165, 1.54) is 6.92 Å². The molecule has 2 saturated heterocycles. The Bertz CT molecular complexity index is 835. The van der Waals surface area contributed by atoms with E-state index in [1.54, 1.807) is 26.0 Å². The van der Waals surface area contributed by atoms with Gasteiger partial charge < -0.3 is 61.0 Å². The van der Waals surface area contributed by atoms with Crippen LogP contribution in [0.2, 0.25) is 0 Å². The minimum absolute atomic E-state index is 0.0849. The van der Waals surface area contributed by atoms with Crippen LogP contribution in [0.25, 0.3) is 0 Å². The quantitative estimate of drug-likeness (QED) is 0.0804. The molecule has 0 aromatic rings. The molecule has 12 atom stereocenters. The molecule has 0 bridgehead atoms. The van der Waals surface area contributed by atoms with Crippen molar-refractivity contribution in [3.05, 3.63) is 12.2 Å². The van der Waals surface area contributed by atoms with Crippen molar-refractivity contribution < 1.29 is 59.5 Å². The number of allylic oxidation sites excluding steroid dienone is 1. The summed E-state index contributed by atoms with van der Waals surface area (Å²) in [5.41, 5.74) is 10.3. The van der Waals surface area contributed by atoms with Gasteiger partial charge in [-0.2, -0.15) is 0 Å². The first kappa shape index (κ1) is 33.2. The van der Waals surface area contributed by atoms with Crippen LogP contribution in [0.15, 0.2) is 12.2 Å². The summed E-state index contributed by atoms with van der Waals surface area (Å²) in [6.07, 6.45) is -7.97. The molecule has 2 heterocycles. The minimum Gasteiger partial charge on any atom is -0.479 e. The van der Waals surface area contributed by atoms with E-state index in [9.17, 15) is 40.2 Å². The number of nitrogens with two attached hydrogens (primary N) is 1. The van der Waals surface area contributed by atoms with E-state index in [0.29, 0.717) is 0 Å². The first-order chi connectivity index (χ1) is 18.2. The molecule has 0 saturated carbocycles. The highest BCUT2D eigenvalue weighted by Gasteiger charge is 2.48. The summed E-state index contributed by atoms with van der Waals surface area (Å²) in [4.78, 5) is 23.2. The standard InChI is InChI=1S/C23H42N4O12/c1-4-5-12(38-21-19(32)16(24)18(31)11(3)37-21)6-15-17(13(29)8-23(36,39-15)7-10(2)28)26-22(35)27-25-9-14(30)20(33)34/h4-5,10-19,21,25,28-32,36H,6-9,24H2,1-3H3,(H,33,34)(H2,26,27,35)/b5-4+/t10-,11+,12-,13-,14+,15-,16-,17+,18+,19-,21-,23+/m0/s1. The molecule has 0 radical (unpaired) electrons. The molecule has 0 spiro atoms. The van der Waals surface area contributed by atoms with Gasteiger partial charge >= 0.3 is 12.0 Å². The molecule has 39 heavy (non-hydrogen) atoms. The number of amides is 2. The lowest BCUT2D eigenvalue weighted by molar-refractivity contribution is -0.302. The van der Waals surface area contributed by atoms with Crippen molar-refractivity contribution in [1.29, 1.82) is 0 Å². The van der Waals surface area contributed by atoms with Crippen molar-refractivity contribution in [3.63, 3.8) is 0 Å². The average Bonchev–Trinajstić information content (AvgIpc) is 2.82. The van der Waals surface area contributed by atoms with Crippen LogP contribution >= 0.6 is 0 Å². The minimum atomic E-state index is -1.95. The van der Waals surface area contributed by atoms with E-state index in [0.717, 1.165) is 0 Å². The zero-order valence-electron chi connectivity index (χ0n) is 22.1. The van der Waals surface area contributed by atoms with Crippen molar-refractivity contribution in [3.8, 4) is 0 Å². The summed E-state index contributed by atoms with van der Waals surface area (Å²) < 4.78 is 17.4. The molecule has 2 amide bonds. The number of hydrazine groups is 1. The maximum absolute atomic E-state index is 12.4. The van der Waals surface area contributed by atoms with Gasteiger partial charge in [0.15, 0.2) is 18.2 Å². The number of carboxylic acids is 1. The highest BCUT2D eigenvalue weighted by atomic mass is 16.7. The molecule has 16 nitrogen and oxygen atoms in total. The fourth-order valence-electron chi connectivity index (χ4n) is 4.56. The van der Waals surface area contributed by atoms with Gasteiger partial charge in [-0.1, -0.05) is 12.2 Å². The summed E-state index contributed by atoms with van der Waals surface area (Å²) in [6.45, 7) is 4.20. The number of rotatable bonds is 12. The second kappa shape index (κ2) is 14.6. The zero-order valence-corrected chi connectivity index (χ0v) is 22.1. The van der Waals surface area contributed by atoms with E-state index in [-0.39, 0.29) is 19.3 Å². The van der Waals surface area contributed by atoms with Gasteiger partial charge in [0.05, 0.1) is 55.3 Å². The van der Waals surface area contributed by atoms with Gasteiger partial charge in [-0.25, -0.2) is 15.0 Å². The molecular formula is C23H42N4O12. The zero-order chi connectivity index (χ0) is 29.5. The molecular weight excluding hydrogens is 524 g/mol. The number of carbonyl (C=O) groups is 2. The highest BCUT2D eigenvalue weighted by Crippen LogP contribution is 2.34. The number of hydrogen-bond donors (Lipinski definition) is 11. The number of hydrogen-bond acceptors (Lipinski definition) is 13. The number of aliphatic hydroxyl groups excluding tert-OH is 5. The Morgan fingerprint density at radius 2 is 1.90 bits per heavy atom. The topological polar surface area (TPSA) is 266 Å². The van der Waals surface area contributed by atoms with Gasteiger partial charge in [0.25, 0.3) is 0 Å². The Morgan fingerprint density at radius 3 is 2.49 bits per heavy atom. The molecule has 0 aliphatic carbocycles. The van der Waals surface area contributed by atoms with Crippen molar-refractivity contribution in [1.82, 2.24) is 16.2 Å². The molecule has 2 aliphatic heterocycles. The molecule has 2 fully saturated rings. The third-order valence-corrected chi connectivity index (χ3v) is 6.49. The Kier molecular flexibility index (Phi) is 12.5. The first-order valence-electron chi connectivity index (χ1n) is 12.7. The van der Waals surface area contributed by atoms with Gasteiger partial charge in [0.2, 0.25) is 0 Å². The van der Waals surface area contributed by atoms with E-state index < -0.39 is 91.5 Å². The number of urea groups is 1. The monoisotopic (exact) mass is 566 g/mol. The number of aliphatic carboxylic acids is 1. The molecule has 12 N–H and O–H groups in total. The summed E-state index contributed by atoms with van der Waals surface area (Å²) >= 11 is 0. The molecule has 2 rings (SSSR count). The number of carbonyl (C=O) groups excluding carboxylic acids is 1. The fraction of sp³-hybridized carbons (Fsp3) is 0.826. The lowest BCUT2D eigenvalue weighted by Gasteiger charge is -2.46. The fourth-order valence-corrected chi connectivity index (χ4v) is 4.56. The highest BCUT2D eigenvalue weighted by molar-refractivity contribution is 5.74. The Hall–Kier alpha value is -1.96. The van der Waals surface area contributed by atoms with E-state index in [2.05, 4.69) is 16.2 Å². The van der Waals surface area contributed by atoms with Crippen LogP contribution in [0.3, 0.4) is 0 Å². The SMILES string of the molecule is C/C=C/[C@@H](C[C@@H]1O[C@](O)(C[C@H](C)O)C[C@H](O)[C@H]1NC(=O)NNC[C@@H](O)C(=O)O)O[C@@H]1O[C@H](C)[C@@H](O)[C@H](N)[C@@H]1O. The van der Waals surface area contributed by atoms with Crippen LogP contribution in [-0.4, -0.2) is 127 Å². The Morgan fingerprint density at radius 1 is 1.23 bits per heavy atom. The van der Waals surface area contributed by atoms with E-state index >= 15 is 0 Å². The first-order valence-corrected chi connectivity index (χ1v) is 12.7. The van der Waals surface area contributed by atoms with E-state index in [4.69, 9.17) is 25.1 Å². The van der Waals surface area contributed by atoms with Crippen LogP contribution < -0.4 is 21.9 Å². The summed E-state index contributed by atoms with van der Waals surface area (Å²) in [7, 11) is 0. The number of carboxylic acid groups (broad SMARTS) is 1. The third-order valence-electron chi connectivity index (χ3n) is 6.49. The smallest absolute Gasteiger partial charge is 0.333 e. The van der Waals surface area contributed by atoms with E-state index in [1.807, 2.05) is 0 Å².